The molecule has 3 heteroatoms. The van der Waals surface area contributed by atoms with Crippen LogP contribution >= 0.6 is 0 Å². The second-order valence-electron chi connectivity index (χ2n) is 6.59. The lowest BCUT2D eigenvalue weighted by molar-refractivity contribution is -0.138. The number of carbonyl (C=O) groups excluding carboxylic acids is 1. The van der Waals surface area contributed by atoms with Crippen molar-refractivity contribution in [2.75, 3.05) is 13.2 Å². The highest BCUT2D eigenvalue weighted by atomic mass is 16.5. The standard InChI is InChI=1S/C21H30O3/c1-2-3-4-5-6-7-16-23-20-13-10-18(11-14-20)12-15-21(22)24-17-19-8-9-19/h10-15,19H,2-9,16-17H2,1H3/b15-12+. The van der Waals surface area contributed by atoms with Gasteiger partial charge in [-0.3, -0.25) is 0 Å². The van der Waals surface area contributed by atoms with Crippen LogP contribution < -0.4 is 4.74 Å². The molecular weight excluding hydrogens is 300 g/mol. The van der Waals surface area contributed by atoms with Crippen molar-refractivity contribution < 1.29 is 14.3 Å². The number of carbonyl (C=O) groups is 1. The first-order valence-corrected chi connectivity index (χ1v) is 9.35. The molecule has 0 heterocycles. The number of unbranched alkanes of at least 4 members (excludes halogenated alkanes) is 5. The van der Waals surface area contributed by atoms with E-state index in [1.165, 1.54) is 51.0 Å². The van der Waals surface area contributed by atoms with Crippen molar-refractivity contribution in [3.63, 3.8) is 0 Å². The van der Waals surface area contributed by atoms with Gasteiger partial charge in [0.1, 0.15) is 5.75 Å². The quantitative estimate of drug-likeness (QED) is 0.293. The fourth-order valence-electron chi connectivity index (χ4n) is 2.44. The lowest BCUT2D eigenvalue weighted by atomic mass is 10.1. The monoisotopic (exact) mass is 330 g/mol. The van der Waals surface area contributed by atoms with Crippen LogP contribution in [0.1, 0.15) is 63.9 Å². The second-order valence-corrected chi connectivity index (χ2v) is 6.59. The van der Waals surface area contributed by atoms with E-state index in [0.717, 1.165) is 24.3 Å². The largest absolute Gasteiger partial charge is 0.494 e. The molecule has 24 heavy (non-hydrogen) atoms. The van der Waals surface area contributed by atoms with Crippen molar-refractivity contribution in [3.8, 4) is 5.75 Å². The molecule has 0 aromatic heterocycles. The Balaban J connectivity index is 1.60. The maximum Gasteiger partial charge on any atom is 0.330 e. The summed E-state index contributed by atoms with van der Waals surface area (Å²) < 4.78 is 10.9. The van der Waals surface area contributed by atoms with Gasteiger partial charge in [-0.2, -0.15) is 0 Å². The number of benzene rings is 1. The van der Waals surface area contributed by atoms with Crippen LogP contribution in [0.5, 0.6) is 5.75 Å². The maximum atomic E-state index is 11.6. The predicted molar refractivity (Wildman–Crippen MR) is 98.0 cm³/mol. The van der Waals surface area contributed by atoms with E-state index in [9.17, 15) is 4.79 Å². The van der Waals surface area contributed by atoms with E-state index < -0.39 is 0 Å². The van der Waals surface area contributed by atoms with Crippen molar-refractivity contribution in [2.24, 2.45) is 5.92 Å². The Morgan fingerprint density at radius 1 is 1.08 bits per heavy atom. The average molecular weight is 330 g/mol. The Hall–Kier alpha value is -1.77. The summed E-state index contributed by atoms with van der Waals surface area (Å²) in [5.41, 5.74) is 0.977. The molecule has 1 aromatic rings. The van der Waals surface area contributed by atoms with E-state index in [1.807, 2.05) is 24.3 Å². The molecule has 0 radical (unpaired) electrons. The predicted octanol–water partition coefficient (Wildman–Crippen LogP) is 5.39. The number of hydrogen-bond acceptors (Lipinski definition) is 3. The summed E-state index contributed by atoms with van der Waals surface area (Å²) in [6.45, 7) is 3.57. The number of esters is 1. The minimum atomic E-state index is -0.259. The maximum absolute atomic E-state index is 11.6. The second kappa shape index (κ2) is 10.9. The molecule has 0 saturated heterocycles. The Kier molecular flexibility index (Phi) is 8.43. The molecule has 0 atom stereocenters. The van der Waals surface area contributed by atoms with Crippen LogP contribution in [0.15, 0.2) is 30.3 Å². The number of rotatable bonds is 12. The molecule has 0 aliphatic heterocycles. The molecule has 1 fully saturated rings. The van der Waals surface area contributed by atoms with Crippen LogP contribution in [-0.2, 0) is 9.53 Å². The van der Waals surface area contributed by atoms with Gasteiger partial charge in [-0.05, 0) is 49.0 Å². The van der Waals surface area contributed by atoms with E-state index in [2.05, 4.69) is 6.92 Å². The highest BCUT2D eigenvalue weighted by Gasteiger charge is 2.22. The van der Waals surface area contributed by atoms with Crippen LogP contribution in [-0.4, -0.2) is 19.2 Å². The third-order valence-corrected chi connectivity index (χ3v) is 4.22. The van der Waals surface area contributed by atoms with Gasteiger partial charge in [0.2, 0.25) is 0 Å². The topological polar surface area (TPSA) is 35.5 Å². The van der Waals surface area contributed by atoms with E-state index in [4.69, 9.17) is 9.47 Å². The Morgan fingerprint density at radius 2 is 1.79 bits per heavy atom. The first kappa shape index (κ1) is 18.6. The molecule has 1 saturated carbocycles. The zero-order chi connectivity index (χ0) is 17.0. The molecule has 1 aliphatic carbocycles. The summed E-state index contributed by atoms with van der Waals surface area (Å²) in [4.78, 5) is 11.6. The van der Waals surface area contributed by atoms with Gasteiger partial charge in [-0.25, -0.2) is 4.79 Å². The summed E-state index contributed by atoms with van der Waals surface area (Å²) >= 11 is 0. The van der Waals surface area contributed by atoms with Crippen molar-refractivity contribution >= 4 is 12.0 Å². The van der Waals surface area contributed by atoms with Crippen LogP contribution in [0.25, 0.3) is 6.08 Å². The number of ether oxygens (including phenoxy) is 2. The smallest absolute Gasteiger partial charge is 0.330 e. The molecule has 0 spiro atoms. The van der Waals surface area contributed by atoms with Gasteiger partial charge in [0, 0.05) is 6.08 Å². The Labute approximate surface area is 146 Å². The van der Waals surface area contributed by atoms with Crippen molar-refractivity contribution in [2.45, 2.75) is 58.3 Å². The zero-order valence-electron chi connectivity index (χ0n) is 14.8. The van der Waals surface area contributed by atoms with Crippen molar-refractivity contribution in [3.05, 3.63) is 35.9 Å². The summed E-state index contributed by atoms with van der Waals surface area (Å²) in [7, 11) is 0. The summed E-state index contributed by atoms with van der Waals surface area (Å²) in [6, 6.07) is 7.82. The number of hydrogen-bond donors (Lipinski definition) is 0. The van der Waals surface area contributed by atoms with Crippen molar-refractivity contribution in [1.82, 2.24) is 0 Å². The lowest BCUT2D eigenvalue weighted by Gasteiger charge is -2.06. The molecule has 1 aromatic carbocycles. The summed E-state index contributed by atoms with van der Waals surface area (Å²) in [5, 5.41) is 0. The van der Waals surface area contributed by atoms with E-state index in [0.29, 0.717) is 12.5 Å². The minimum Gasteiger partial charge on any atom is -0.494 e. The van der Waals surface area contributed by atoms with E-state index in [-0.39, 0.29) is 5.97 Å². The highest BCUT2D eigenvalue weighted by molar-refractivity contribution is 5.87. The van der Waals surface area contributed by atoms with Gasteiger partial charge in [0.15, 0.2) is 0 Å². The molecule has 0 N–H and O–H groups in total. The zero-order valence-corrected chi connectivity index (χ0v) is 14.8. The van der Waals surface area contributed by atoms with Crippen LogP contribution in [0.3, 0.4) is 0 Å². The van der Waals surface area contributed by atoms with Gasteiger partial charge in [-0.15, -0.1) is 0 Å². The van der Waals surface area contributed by atoms with Gasteiger partial charge in [0.05, 0.1) is 13.2 Å². The average Bonchev–Trinajstić information content (AvgIpc) is 3.43. The van der Waals surface area contributed by atoms with Crippen LogP contribution in [0.4, 0.5) is 0 Å². The molecule has 1 aliphatic rings. The normalized spacial score (nSPS) is 14.0. The third-order valence-electron chi connectivity index (χ3n) is 4.22. The molecule has 2 rings (SSSR count). The fraction of sp³-hybridized carbons (Fsp3) is 0.571. The highest BCUT2D eigenvalue weighted by Crippen LogP contribution is 2.28. The third kappa shape index (κ3) is 8.19. The first-order chi connectivity index (χ1) is 11.8. The molecule has 0 bridgehead atoms. The molecular formula is C21H30O3. The fourth-order valence-corrected chi connectivity index (χ4v) is 2.44. The lowest BCUT2D eigenvalue weighted by Crippen LogP contribution is -2.03. The Bertz CT molecular complexity index is 500. The Morgan fingerprint density at radius 3 is 2.50 bits per heavy atom. The van der Waals surface area contributed by atoms with Crippen LogP contribution in [0, 0.1) is 5.92 Å². The van der Waals surface area contributed by atoms with Gasteiger partial charge in [-0.1, -0.05) is 51.2 Å². The van der Waals surface area contributed by atoms with Gasteiger partial charge < -0.3 is 9.47 Å². The molecule has 0 unspecified atom stereocenters. The van der Waals surface area contributed by atoms with E-state index >= 15 is 0 Å². The van der Waals surface area contributed by atoms with Gasteiger partial charge >= 0.3 is 5.97 Å². The minimum absolute atomic E-state index is 0.259. The summed E-state index contributed by atoms with van der Waals surface area (Å²) in [5.74, 6) is 1.23. The summed E-state index contributed by atoms with van der Waals surface area (Å²) in [6.07, 6.45) is 13.3. The van der Waals surface area contributed by atoms with Crippen LogP contribution in [0.2, 0.25) is 0 Å². The molecule has 3 nitrogen and oxygen atoms in total. The molecule has 0 amide bonds. The molecule has 132 valence electrons. The first-order valence-electron chi connectivity index (χ1n) is 9.35. The van der Waals surface area contributed by atoms with E-state index in [1.54, 1.807) is 6.08 Å². The van der Waals surface area contributed by atoms with Crippen molar-refractivity contribution in [1.29, 1.82) is 0 Å². The van der Waals surface area contributed by atoms with Gasteiger partial charge in [0.25, 0.3) is 0 Å². The SMILES string of the molecule is CCCCCCCCOc1ccc(/C=C/C(=O)OCC2CC2)cc1.